The third-order valence-corrected chi connectivity index (χ3v) is 3.10. The molecule has 0 aromatic carbocycles. The summed E-state index contributed by atoms with van der Waals surface area (Å²) in [7, 11) is 0. The highest BCUT2D eigenvalue weighted by atomic mass is 32.1. The van der Waals surface area contributed by atoms with Crippen LogP contribution in [-0.4, -0.2) is 25.4 Å². The van der Waals surface area contributed by atoms with E-state index in [1.807, 2.05) is 5.38 Å². The Labute approximate surface area is 112 Å². The Kier molecular flexibility index (Phi) is 3.03. The van der Waals surface area contributed by atoms with Gasteiger partial charge in [-0.25, -0.2) is 15.0 Å². The Morgan fingerprint density at radius 2 is 2.16 bits per heavy atom. The number of aromatic nitrogens is 4. The van der Waals surface area contributed by atoms with Gasteiger partial charge in [0.25, 0.3) is 5.91 Å². The van der Waals surface area contributed by atoms with Gasteiger partial charge in [-0.2, -0.15) is 11.3 Å². The van der Waals surface area contributed by atoms with Crippen LogP contribution in [0.1, 0.15) is 10.4 Å². The van der Waals surface area contributed by atoms with Crippen molar-refractivity contribution in [2.45, 2.75) is 0 Å². The first kappa shape index (κ1) is 11.5. The number of nitrogens with zero attached hydrogens (tertiary/aromatic N) is 4. The summed E-state index contributed by atoms with van der Waals surface area (Å²) in [6.45, 7) is 0. The van der Waals surface area contributed by atoms with Gasteiger partial charge in [0.2, 0.25) is 5.95 Å². The normalized spacial score (nSPS) is 10.3. The van der Waals surface area contributed by atoms with Gasteiger partial charge < -0.3 is 5.32 Å². The van der Waals surface area contributed by atoms with E-state index in [0.29, 0.717) is 17.2 Å². The summed E-state index contributed by atoms with van der Waals surface area (Å²) in [5, 5.41) is 6.38. The molecule has 0 bridgehead atoms. The Morgan fingerprint density at radius 3 is 2.79 bits per heavy atom. The molecule has 0 saturated heterocycles. The van der Waals surface area contributed by atoms with E-state index in [1.54, 1.807) is 47.1 Å². The van der Waals surface area contributed by atoms with Crippen LogP contribution in [-0.2, 0) is 0 Å². The van der Waals surface area contributed by atoms with Gasteiger partial charge in [0.15, 0.2) is 0 Å². The molecule has 6 nitrogen and oxygen atoms in total. The van der Waals surface area contributed by atoms with Crippen molar-refractivity contribution in [2.75, 3.05) is 5.32 Å². The monoisotopic (exact) mass is 271 g/mol. The number of hydrogen-bond donors (Lipinski definition) is 1. The molecule has 0 saturated carbocycles. The first-order chi connectivity index (χ1) is 9.33. The van der Waals surface area contributed by atoms with Crippen molar-refractivity contribution in [1.29, 1.82) is 0 Å². The maximum absolute atomic E-state index is 11.8. The lowest BCUT2D eigenvalue weighted by Gasteiger charge is -2.04. The number of anilines is 1. The van der Waals surface area contributed by atoms with E-state index in [1.165, 1.54) is 11.3 Å². The van der Waals surface area contributed by atoms with Crippen molar-refractivity contribution in [3.05, 3.63) is 53.5 Å². The molecule has 1 N–H and O–H groups in total. The Balaban J connectivity index is 1.75. The van der Waals surface area contributed by atoms with Gasteiger partial charge in [-0.1, -0.05) is 0 Å². The largest absolute Gasteiger partial charge is 0.319 e. The van der Waals surface area contributed by atoms with Crippen molar-refractivity contribution >= 4 is 22.9 Å². The zero-order valence-corrected chi connectivity index (χ0v) is 10.5. The molecule has 0 aliphatic heterocycles. The first-order valence-electron chi connectivity index (χ1n) is 5.47. The zero-order valence-electron chi connectivity index (χ0n) is 9.72. The van der Waals surface area contributed by atoms with E-state index in [4.69, 9.17) is 0 Å². The molecule has 0 fully saturated rings. The van der Waals surface area contributed by atoms with E-state index < -0.39 is 0 Å². The van der Waals surface area contributed by atoms with E-state index in [2.05, 4.69) is 20.3 Å². The molecule has 3 aromatic rings. The molecule has 3 rings (SSSR count). The molecule has 3 aromatic heterocycles. The number of carbonyl (C=O) groups excluding carboxylic acids is 1. The zero-order chi connectivity index (χ0) is 13.1. The molecule has 0 radical (unpaired) electrons. The summed E-state index contributed by atoms with van der Waals surface area (Å²) >= 11 is 1.48. The first-order valence-corrected chi connectivity index (χ1v) is 6.41. The lowest BCUT2D eigenvalue weighted by atomic mass is 10.3. The van der Waals surface area contributed by atoms with Gasteiger partial charge >= 0.3 is 0 Å². The minimum atomic E-state index is -0.166. The average molecular weight is 271 g/mol. The van der Waals surface area contributed by atoms with Gasteiger partial charge in [0.1, 0.15) is 6.33 Å². The number of rotatable bonds is 3. The van der Waals surface area contributed by atoms with E-state index >= 15 is 0 Å². The molecule has 3 heterocycles. The second kappa shape index (κ2) is 4.99. The van der Waals surface area contributed by atoms with Crippen LogP contribution < -0.4 is 5.32 Å². The van der Waals surface area contributed by atoms with E-state index in [0.717, 1.165) is 0 Å². The molecule has 0 unspecified atom stereocenters. The van der Waals surface area contributed by atoms with Crippen LogP contribution in [0.25, 0.3) is 5.95 Å². The minimum Gasteiger partial charge on any atom is -0.319 e. The van der Waals surface area contributed by atoms with Crippen LogP contribution in [0.15, 0.2) is 47.9 Å². The lowest BCUT2D eigenvalue weighted by Crippen LogP contribution is -2.11. The number of amides is 1. The predicted molar refractivity (Wildman–Crippen MR) is 71.4 cm³/mol. The number of imidazole rings is 1. The van der Waals surface area contributed by atoms with Gasteiger partial charge in [-0.15, -0.1) is 0 Å². The molecule has 1 amide bonds. The maximum atomic E-state index is 11.8. The third-order valence-electron chi connectivity index (χ3n) is 2.41. The van der Waals surface area contributed by atoms with Crippen LogP contribution in [0.2, 0.25) is 0 Å². The molecule has 0 aliphatic carbocycles. The maximum Gasteiger partial charge on any atom is 0.256 e. The molecule has 94 valence electrons. The highest BCUT2D eigenvalue weighted by molar-refractivity contribution is 7.08. The van der Waals surface area contributed by atoms with Crippen molar-refractivity contribution < 1.29 is 4.79 Å². The molecule has 0 atom stereocenters. The summed E-state index contributed by atoms with van der Waals surface area (Å²) in [5.41, 5.74) is 1.18. The topological polar surface area (TPSA) is 72.7 Å². The second-order valence-corrected chi connectivity index (χ2v) is 4.49. The number of hydrogen-bond acceptors (Lipinski definition) is 5. The Hall–Kier alpha value is -2.54. The van der Waals surface area contributed by atoms with Crippen molar-refractivity contribution in [1.82, 2.24) is 19.5 Å². The van der Waals surface area contributed by atoms with E-state index in [-0.39, 0.29) is 5.91 Å². The van der Waals surface area contributed by atoms with Crippen molar-refractivity contribution in [3.8, 4) is 5.95 Å². The number of thiophene rings is 1. The lowest BCUT2D eigenvalue weighted by molar-refractivity contribution is 0.102. The van der Waals surface area contributed by atoms with Gasteiger partial charge in [0, 0.05) is 17.8 Å². The minimum absolute atomic E-state index is 0.166. The average Bonchev–Trinajstić information content (AvgIpc) is 3.13. The van der Waals surface area contributed by atoms with Crippen LogP contribution in [0.3, 0.4) is 0 Å². The van der Waals surface area contributed by atoms with Gasteiger partial charge in [-0.3, -0.25) is 9.36 Å². The Morgan fingerprint density at radius 1 is 1.32 bits per heavy atom. The van der Waals surface area contributed by atoms with Crippen LogP contribution >= 0.6 is 11.3 Å². The second-order valence-electron chi connectivity index (χ2n) is 3.71. The Bertz CT molecular complexity index is 661. The number of carbonyl (C=O) groups is 1. The summed E-state index contributed by atoms with van der Waals surface area (Å²) in [6.07, 6.45) is 8.13. The molecule has 19 heavy (non-hydrogen) atoms. The summed E-state index contributed by atoms with van der Waals surface area (Å²) in [6, 6.07) is 1.76. The number of nitrogens with one attached hydrogen (secondary N) is 1. The van der Waals surface area contributed by atoms with Crippen LogP contribution in [0.5, 0.6) is 0 Å². The van der Waals surface area contributed by atoms with Crippen LogP contribution in [0.4, 0.5) is 5.69 Å². The highest BCUT2D eigenvalue weighted by Gasteiger charge is 2.07. The van der Waals surface area contributed by atoms with Crippen LogP contribution in [0, 0.1) is 0 Å². The van der Waals surface area contributed by atoms with Gasteiger partial charge in [0.05, 0.1) is 23.6 Å². The fourth-order valence-corrected chi connectivity index (χ4v) is 2.13. The molecular formula is C12H9N5OS. The van der Waals surface area contributed by atoms with Gasteiger partial charge in [-0.05, 0) is 11.4 Å². The standard InChI is InChI=1S/C12H9N5OS/c18-11(9-1-4-19-7-9)16-10-5-14-12(15-6-10)17-3-2-13-8-17/h1-8H,(H,16,18). The summed E-state index contributed by atoms with van der Waals surface area (Å²) < 4.78 is 1.68. The van der Waals surface area contributed by atoms with E-state index in [9.17, 15) is 4.79 Å². The predicted octanol–water partition coefficient (Wildman–Crippen LogP) is 1.98. The summed E-state index contributed by atoms with van der Waals surface area (Å²) in [4.78, 5) is 24.0. The molecule has 0 aliphatic rings. The third kappa shape index (κ3) is 2.50. The highest BCUT2D eigenvalue weighted by Crippen LogP contribution is 2.10. The quantitative estimate of drug-likeness (QED) is 0.790. The molecular weight excluding hydrogens is 262 g/mol. The SMILES string of the molecule is O=C(Nc1cnc(-n2ccnc2)nc1)c1ccsc1. The smallest absolute Gasteiger partial charge is 0.256 e. The fraction of sp³-hybridized carbons (Fsp3) is 0. The molecule has 0 spiro atoms. The molecule has 7 heteroatoms. The fourth-order valence-electron chi connectivity index (χ4n) is 1.49. The summed E-state index contributed by atoms with van der Waals surface area (Å²) in [5.74, 6) is 0.339. The van der Waals surface area contributed by atoms with Crippen molar-refractivity contribution in [3.63, 3.8) is 0 Å². The van der Waals surface area contributed by atoms with Crippen molar-refractivity contribution in [2.24, 2.45) is 0 Å².